The average Bonchev–Trinajstić information content (AvgIpc) is 3.26. The predicted octanol–water partition coefficient (Wildman–Crippen LogP) is 3.47. The quantitative estimate of drug-likeness (QED) is 0.678. The number of carbonyl (C=O) groups excluding carboxylic acids is 2. The molecule has 3 aromatic rings. The lowest BCUT2D eigenvalue weighted by atomic mass is 10.1. The van der Waals surface area contributed by atoms with E-state index in [1.165, 1.54) is 16.2 Å². The van der Waals surface area contributed by atoms with Crippen molar-refractivity contribution in [2.75, 3.05) is 20.6 Å². The first-order chi connectivity index (χ1) is 13.9. The average molecular weight is 410 g/mol. The molecule has 6 nitrogen and oxygen atoms in total. The number of hydrogen-bond acceptors (Lipinski definition) is 4. The Labute approximate surface area is 173 Å². The minimum Gasteiger partial charge on any atom is -0.345 e. The number of nitrogens with zero attached hydrogens (tertiary/aromatic N) is 2. The standard InChI is InChI=1S/C22H23N3O3S/c1-4-25(14-15-7-9-16(10-8-15)21(27)24(2)3)22(28)17-11-12-18(23-20(17)26)19-6-5-13-29-19/h5-13H,4,14H2,1-3H3,(H,23,26). The highest BCUT2D eigenvalue weighted by Gasteiger charge is 2.19. The second-order valence-electron chi connectivity index (χ2n) is 6.81. The zero-order chi connectivity index (χ0) is 21.0. The zero-order valence-electron chi connectivity index (χ0n) is 16.6. The predicted molar refractivity (Wildman–Crippen MR) is 115 cm³/mol. The summed E-state index contributed by atoms with van der Waals surface area (Å²) < 4.78 is 0. The molecule has 0 aliphatic carbocycles. The molecule has 2 amide bonds. The van der Waals surface area contributed by atoms with Crippen LogP contribution in [-0.2, 0) is 6.54 Å². The molecule has 0 bridgehead atoms. The number of rotatable bonds is 6. The Morgan fingerprint density at radius 3 is 2.28 bits per heavy atom. The minimum atomic E-state index is -0.397. The van der Waals surface area contributed by atoms with Crippen molar-refractivity contribution in [3.63, 3.8) is 0 Å². The van der Waals surface area contributed by atoms with E-state index in [9.17, 15) is 14.4 Å². The molecular weight excluding hydrogens is 386 g/mol. The summed E-state index contributed by atoms with van der Waals surface area (Å²) in [6.07, 6.45) is 0. The number of amides is 2. The third-order valence-corrected chi connectivity index (χ3v) is 5.48. The van der Waals surface area contributed by atoms with Crippen LogP contribution >= 0.6 is 11.3 Å². The fraction of sp³-hybridized carbons (Fsp3) is 0.227. The maximum absolute atomic E-state index is 12.9. The van der Waals surface area contributed by atoms with Crippen LogP contribution < -0.4 is 5.56 Å². The van der Waals surface area contributed by atoms with Gasteiger partial charge in [-0.1, -0.05) is 18.2 Å². The van der Waals surface area contributed by atoms with E-state index in [2.05, 4.69) is 4.98 Å². The van der Waals surface area contributed by atoms with Gasteiger partial charge in [0.25, 0.3) is 17.4 Å². The summed E-state index contributed by atoms with van der Waals surface area (Å²) in [5.74, 6) is -0.391. The van der Waals surface area contributed by atoms with Crippen molar-refractivity contribution in [3.8, 4) is 10.6 Å². The van der Waals surface area contributed by atoms with Gasteiger partial charge in [0.2, 0.25) is 0 Å². The third-order valence-electron chi connectivity index (χ3n) is 4.58. The van der Waals surface area contributed by atoms with Gasteiger partial charge in [-0.15, -0.1) is 11.3 Å². The Morgan fingerprint density at radius 2 is 1.72 bits per heavy atom. The zero-order valence-corrected chi connectivity index (χ0v) is 17.5. The van der Waals surface area contributed by atoms with E-state index in [0.29, 0.717) is 24.3 Å². The fourth-order valence-electron chi connectivity index (χ4n) is 2.95. The van der Waals surface area contributed by atoms with Crippen LogP contribution in [0.25, 0.3) is 10.6 Å². The van der Waals surface area contributed by atoms with Gasteiger partial charge in [-0.2, -0.15) is 0 Å². The monoisotopic (exact) mass is 409 g/mol. The van der Waals surface area contributed by atoms with Gasteiger partial charge in [0.15, 0.2) is 0 Å². The molecule has 0 aliphatic heterocycles. The molecule has 7 heteroatoms. The van der Waals surface area contributed by atoms with E-state index in [1.54, 1.807) is 43.3 Å². The topological polar surface area (TPSA) is 73.5 Å². The maximum Gasteiger partial charge on any atom is 0.261 e. The lowest BCUT2D eigenvalue weighted by Crippen LogP contribution is -2.34. The Kier molecular flexibility index (Phi) is 6.29. The summed E-state index contributed by atoms with van der Waals surface area (Å²) in [6.45, 7) is 2.69. The van der Waals surface area contributed by atoms with Gasteiger partial charge in [-0.05, 0) is 48.2 Å². The second kappa shape index (κ2) is 8.87. The molecule has 0 fully saturated rings. The molecule has 1 aromatic carbocycles. The summed E-state index contributed by atoms with van der Waals surface area (Å²) >= 11 is 1.52. The first-order valence-corrected chi connectivity index (χ1v) is 10.2. The summed E-state index contributed by atoms with van der Waals surface area (Å²) in [5.41, 5.74) is 1.90. The molecule has 2 aromatic heterocycles. The number of nitrogens with one attached hydrogen (secondary N) is 1. The van der Waals surface area contributed by atoms with E-state index < -0.39 is 5.56 Å². The highest BCUT2D eigenvalue weighted by atomic mass is 32.1. The van der Waals surface area contributed by atoms with Crippen LogP contribution in [0, 0.1) is 0 Å². The number of H-pyrrole nitrogens is 1. The van der Waals surface area contributed by atoms with Crippen molar-refractivity contribution >= 4 is 23.2 Å². The van der Waals surface area contributed by atoms with Crippen molar-refractivity contribution in [1.82, 2.24) is 14.8 Å². The number of benzene rings is 1. The van der Waals surface area contributed by atoms with Crippen molar-refractivity contribution in [2.24, 2.45) is 0 Å². The molecule has 29 heavy (non-hydrogen) atoms. The number of aromatic amines is 1. The van der Waals surface area contributed by atoms with Crippen molar-refractivity contribution < 1.29 is 9.59 Å². The Morgan fingerprint density at radius 1 is 1.00 bits per heavy atom. The van der Waals surface area contributed by atoms with E-state index in [-0.39, 0.29) is 17.4 Å². The Hall–Kier alpha value is -3.19. The third kappa shape index (κ3) is 4.63. The van der Waals surface area contributed by atoms with Crippen LogP contribution in [0.15, 0.2) is 58.7 Å². The second-order valence-corrected chi connectivity index (χ2v) is 7.76. The molecule has 0 saturated carbocycles. The normalized spacial score (nSPS) is 10.6. The Bertz CT molecular complexity index is 1050. The smallest absolute Gasteiger partial charge is 0.261 e. The maximum atomic E-state index is 12.9. The van der Waals surface area contributed by atoms with Crippen LogP contribution in [0.4, 0.5) is 0 Å². The van der Waals surface area contributed by atoms with Gasteiger partial charge in [0.1, 0.15) is 5.56 Å². The lowest BCUT2D eigenvalue weighted by molar-refractivity contribution is 0.0749. The molecule has 0 aliphatic rings. The van der Waals surface area contributed by atoms with E-state index in [4.69, 9.17) is 0 Å². The highest BCUT2D eigenvalue weighted by molar-refractivity contribution is 7.13. The van der Waals surface area contributed by atoms with Gasteiger partial charge in [-0.3, -0.25) is 14.4 Å². The number of aromatic nitrogens is 1. The fourth-order valence-corrected chi connectivity index (χ4v) is 3.65. The summed E-state index contributed by atoms with van der Waals surface area (Å²) in [4.78, 5) is 44.3. The SMILES string of the molecule is CCN(Cc1ccc(C(=O)N(C)C)cc1)C(=O)c1ccc(-c2cccs2)[nH]c1=O. The van der Waals surface area contributed by atoms with Crippen LogP contribution in [0.5, 0.6) is 0 Å². The number of hydrogen-bond donors (Lipinski definition) is 1. The molecule has 1 N–H and O–H groups in total. The van der Waals surface area contributed by atoms with Gasteiger partial charge in [0.05, 0.1) is 10.6 Å². The van der Waals surface area contributed by atoms with Crippen molar-refractivity contribution in [3.05, 3.63) is 81.0 Å². The number of pyridine rings is 1. The molecule has 0 spiro atoms. The molecule has 0 atom stereocenters. The highest BCUT2D eigenvalue weighted by Crippen LogP contribution is 2.21. The van der Waals surface area contributed by atoms with E-state index >= 15 is 0 Å². The first kappa shape index (κ1) is 20.5. The first-order valence-electron chi connectivity index (χ1n) is 9.27. The van der Waals surface area contributed by atoms with E-state index in [0.717, 1.165) is 10.4 Å². The van der Waals surface area contributed by atoms with Crippen LogP contribution in [0.3, 0.4) is 0 Å². The number of thiophene rings is 1. The van der Waals surface area contributed by atoms with Crippen molar-refractivity contribution in [2.45, 2.75) is 13.5 Å². The molecule has 0 radical (unpaired) electrons. The van der Waals surface area contributed by atoms with Crippen molar-refractivity contribution in [1.29, 1.82) is 0 Å². The molecular formula is C22H23N3O3S. The Balaban J connectivity index is 1.77. The van der Waals surface area contributed by atoms with Crippen LogP contribution in [0.2, 0.25) is 0 Å². The van der Waals surface area contributed by atoms with Crippen LogP contribution in [0.1, 0.15) is 33.2 Å². The minimum absolute atomic E-state index is 0.0719. The largest absolute Gasteiger partial charge is 0.345 e. The summed E-state index contributed by atoms with van der Waals surface area (Å²) in [5, 5.41) is 1.93. The molecule has 150 valence electrons. The summed E-state index contributed by atoms with van der Waals surface area (Å²) in [6, 6.07) is 14.3. The molecule has 3 rings (SSSR count). The number of carbonyl (C=O) groups is 2. The molecule has 0 saturated heterocycles. The molecule has 0 unspecified atom stereocenters. The van der Waals surface area contributed by atoms with Gasteiger partial charge < -0.3 is 14.8 Å². The molecule has 2 heterocycles. The lowest BCUT2D eigenvalue weighted by Gasteiger charge is -2.21. The van der Waals surface area contributed by atoms with Gasteiger partial charge in [-0.25, -0.2) is 0 Å². The summed E-state index contributed by atoms with van der Waals surface area (Å²) in [7, 11) is 3.41. The van der Waals surface area contributed by atoms with Gasteiger partial charge >= 0.3 is 0 Å². The van der Waals surface area contributed by atoms with E-state index in [1.807, 2.05) is 36.6 Å². The van der Waals surface area contributed by atoms with Crippen LogP contribution in [-0.4, -0.2) is 47.2 Å². The van der Waals surface area contributed by atoms with Gasteiger partial charge in [0, 0.05) is 32.7 Å².